The van der Waals surface area contributed by atoms with Crippen molar-refractivity contribution < 1.29 is 19.4 Å². The van der Waals surface area contributed by atoms with Gasteiger partial charge in [-0.2, -0.15) is 0 Å². The number of ether oxygens (including phenoxy) is 1. The van der Waals surface area contributed by atoms with Gasteiger partial charge in [-0.25, -0.2) is 9.97 Å². The number of aryl methyl sites for hydroxylation is 1. The molecule has 0 unspecified atom stereocenters. The van der Waals surface area contributed by atoms with Gasteiger partial charge in [0, 0.05) is 18.7 Å². The first-order valence-corrected chi connectivity index (χ1v) is 10.9. The summed E-state index contributed by atoms with van der Waals surface area (Å²) in [7, 11) is 1.43. The molecule has 0 radical (unpaired) electrons. The van der Waals surface area contributed by atoms with Crippen LogP contribution in [-0.4, -0.2) is 47.2 Å². The number of nitrogens with zero attached hydrogens (tertiary/aromatic N) is 3. The first-order valence-electron chi connectivity index (χ1n) is 10.5. The predicted octanol–water partition coefficient (Wildman–Crippen LogP) is 3.91. The predicted molar refractivity (Wildman–Crippen MR) is 118 cm³/mol. The smallest absolute Gasteiger partial charge is 0.305 e. The summed E-state index contributed by atoms with van der Waals surface area (Å²) in [5, 5.41) is 9.60. The highest BCUT2D eigenvalue weighted by molar-refractivity contribution is 6.33. The van der Waals surface area contributed by atoms with Crippen molar-refractivity contribution in [1.29, 1.82) is 0 Å². The Bertz CT molecular complexity index is 891. The standard InChI is InChI=1S/C23H28ClN3O4/c1-15-21(22(24)26-14-25-15)23(30)27(11-12-28)19-9-7-18(8-10-19)17-5-3-16(4-6-17)13-20(29)31-2/h7-10,14,16-17,28H,3-6,11-13H2,1-2H3. The highest BCUT2D eigenvalue weighted by Gasteiger charge is 2.26. The summed E-state index contributed by atoms with van der Waals surface area (Å²) in [6.45, 7) is 1.67. The molecule has 7 nitrogen and oxygen atoms in total. The van der Waals surface area contributed by atoms with E-state index in [0.717, 1.165) is 25.7 Å². The van der Waals surface area contributed by atoms with Crippen LogP contribution in [0.3, 0.4) is 0 Å². The molecule has 3 rings (SSSR count). The molecule has 0 atom stereocenters. The maximum absolute atomic E-state index is 13.1. The second kappa shape index (κ2) is 10.7. The van der Waals surface area contributed by atoms with E-state index in [9.17, 15) is 14.7 Å². The second-order valence-corrected chi connectivity index (χ2v) is 8.25. The number of aromatic nitrogens is 2. The third-order valence-corrected chi connectivity index (χ3v) is 6.27. The number of methoxy groups -OCH3 is 1. The van der Waals surface area contributed by atoms with Gasteiger partial charge in [0.05, 0.1) is 25.0 Å². The van der Waals surface area contributed by atoms with E-state index in [0.29, 0.717) is 29.6 Å². The number of aliphatic hydroxyl groups excluding tert-OH is 1. The van der Waals surface area contributed by atoms with Gasteiger partial charge in [-0.1, -0.05) is 23.7 Å². The molecule has 1 saturated carbocycles. The lowest BCUT2D eigenvalue weighted by molar-refractivity contribution is -0.142. The molecule has 1 aromatic carbocycles. The minimum absolute atomic E-state index is 0.0979. The Morgan fingerprint density at radius 1 is 1.16 bits per heavy atom. The normalized spacial score (nSPS) is 18.5. The van der Waals surface area contributed by atoms with Gasteiger partial charge < -0.3 is 14.7 Å². The van der Waals surface area contributed by atoms with Crippen LogP contribution < -0.4 is 4.90 Å². The average Bonchev–Trinajstić information content (AvgIpc) is 2.78. The highest BCUT2D eigenvalue weighted by Crippen LogP contribution is 2.37. The second-order valence-electron chi connectivity index (χ2n) is 7.89. The molecule has 1 heterocycles. The molecular weight excluding hydrogens is 418 g/mol. The number of benzene rings is 1. The maximum atomic E-state index is 13.1. The van der Waals surface area contributed by atoms with Crippen LogP contribution in [0.15, 0.2) is 30.6 Å². The number of carbonyl (C=O) groups is 2. The Labute approximate surface area is 187 Å². The van der Waals surface area contributed by atoms with Crippen molar-refractivity contribution in [2.24, 2.45) is 5.92 Å². The summed E-state index contributed by atoms with van der Waals surface area (Å²) in [5.74, 6) is 0.347. The van der Waals surface area contributed by atoms with Crippen molar-refractivity contribution in [1.82, 2.24) is 9.97 Å². The van der Waals surface area contributed by atoms with E-state index >= 15 is 0 Å². The Balaban J connectivity index is 1.71. The minimum atomic E-state index is -0.340. The molecule has 1 N–H and O–H groups in total. The fraction of sp³-hybridized carbons (Fsp3) is 0.478. The number of hydrogen-bond donors (Lipinski definition) is 1. The van der Waals surface area contributed by atoms with E-state index in [1.165, 1.54) is 23.9 Å². The molecule has 1 fully saturated rings. The van der Waals surface area contributed by atoms with Gasteiger partial charge in [0.25, 0.3) is 5.91 Å². The molecule has 0 spiro atoms. The van der Waals surface area contributed by atoms with Gasteiger partial charge in [-0.3, -0.25) is 9.59 Å². The Morgan fingerprint density at radius 2 is 1.84 bits per heavy atom. The Kier molecular flexibility index (Phi) is 7.98. The van der Waals surface area contributed by atoms with Crippen molar-refractivity contribution in [3.05, 3.63) is 52.6 Å². The average molecular weight is 446 g/mol. The van der Waals surface area contributed by atoms with Crippen LogP contribution in [0.2, 0.25) is 5.15 Å². The summed E-state index contributed by atoms with van der Waals surface area (Å²) in [4.78, 5) is 34.1. The van der Waals surface area contributed by atoms with Gasteiger partial charge in [0.1, 0.15) is 11.5 Å². The van der Waals surface area contributed by atoms with E-state index in [1.54, 1.807) is 6.92 Å². The van der Waals surface area contributed by atoms with E-state index in [-0.39, 0.29) is 35.7 Å². The van der Waals surface area contributed by atoms with Gasteiger partial charge in [0.15, 0.2) is 0 Å². The summed E-state index contributed by atoms with van der Waals surface area (Å²) in [6, 6.07) is 7.87. The summed E-state index contributed by atoms with van der Waals surface area (Å²) < 4.78 is 4.78. The molecule has 0 bridgehead atoms. The zero-order valence-corrected chi connectivity index (χ0v) is 18.6. The van der Waals surface area contributed by atoms with Crippen LogP contribution in [0, 0.1) is 12.8 Å². The van der Waals surface area contributed by atoms with Crippen molar-refractivity contribution in [3.8, 4) is 0 Å². The fourth-order valence-corrected chi connectivity index (χ4v) is 4.48. The number of aliphatic hydroxyl groups is 1. The third-order valence-electron chi connectivity index (χ3n) is 5.98. The zero-order valence-electron chi connectivity index (χ0n) is 17.9. The van der Waals surface area contributed by atoms with E-state index in [2.05, 4.69) is 9.97 Å². The largest absolute Gasteiger partial charge is 0.469 e. The summed E-state index contributed by atoms with van der Waals surface area (Å²) in [6.07, 6.45) is 5.86. The molecule has 31 heavy (non-hydrogen) atoms. The van der Waals surface area contributed by atoms with Crippen LogP contribution in [0.4, 0.5) is 5.69 Å². The quantitative estimate of drug-likeness (QED) is 0.513. The monoisotopic (exact) mass is 445 g/mol. The van der Waals surface area contributed by atoms with Crippen LogP contribution in [0.1, 0.15) is 59.6 Å². The molecular formula is C23H28ClN3O4. The van der Waals surface area contributed by atoms with Crippen molar-refractivity contribution >= 4 is 29.2 Å². The van der Waals surface area contributed by atoms with Crippen LogP contribution in [0.25, 0.3) is 0 Å². The number of halogens is 1. The van der Waals surface area contributed by atoms with E-state index in [1.807, 2.05) is 24.3 Å². The van der Waals surface area contributed by atoms with Gasteiger partial charge in [0.2, 0.25) is 0 Å². The highest BCUT2D eigenvalue weighted by atomic mass is 35.5. The summed E-state index contributed by atoms with van der Waals surface area (Å²) >= 11 is 6.15. The molecule has 1 amide bonds. The number of amides is 1. The lowest BCUT2D eigenvalue weighted by Gasteiger charge is -2.29. The zero-order chi connectivity index (χ0) is 22.4. The van der Waals surface area contributed by atoms with Crippen molar-refractivity contribution in [2.75, 3.05) is 25.2 Å². The maximum Gasteiger partial charge on any atom is 0.305 e. The molecule has 1 aliphatic carbocycles. The molecule has 1 aliphatic rings. The number of esters is 1. The summed E-state index contributed by atoms with van der Waals surface area (Å²) in [5.41, 5.74) is 2.63. The molecule has 1 aromatic heterocycles. The molecule has 2 aromatic rings. The Morgan fingerprint density at radius 3 is 2.42 bits per heavy atom. The van der Waals surface area contributed by atoms with E-state index in [4.69, 9.17) is 16.3 Å². The minimum Gasteiger partial charge on any atom is -0.469 e. The topological polar surface area (TPSA) is 92.6 Å². The SMILES string of the molecule is COC(=O)CC1CCC(c2ccc(N(CCO)C(=O)c3c(C)ncnc3Cl)cc2)CC1. The molecule has 166 valence electrons. The number of carbonyl (C=O) groups excluding carboxylic acids is 2. The van der Waals surface area contributed by atoms with Gasteiger partial charge in [-0.05, 0) is 62.1 Å². The number of anilines is 1. The number of rotatable bonds is 7. The lowest BCUT2D eigenvalue weighted by Crippen LogP contribution is -2.34. The first-order chi connectivity index (χ1) is 14.9. The van der Waals surface area contributed by atoms with Crippen molar-refractivity contribution in [3.63, 3.8) is 0 Å². The third kappa shape index (κ3) is 5.60. The van der Waals surface area contributed by atoms with E-state index < -0.39 is 0 Å². The first kappa shape index (κ1) is 23.2. The van der Waals surface area contributed by atoms with Gasteiger partial charge in [-0.15, -0.1) is 0 Å². The van der Waals surface area contributed by atoms with Gasteiger partial charge >= 0.3 is 5.97 Å². The lowest BCUT2D eigenvalue weighted by atomic mass is 9.77. The van der Waals surface area contributed by atoms with Crippen LogP contribution in [0.5, 0.6) is 0 Å². The molecule has 0 aliphatic heterocycles. The van der Waals surface area contributed by atoms with Crippen LogP contribution in [-0.2, 0) is 9.53 Å². The Hall–Kier alpha value is -2.51. The fourth-order valence-electron chi connectivity index (χ4n) is 4.22. The molecule has 8 heteroatoms. The number of hydrogen-bond acceptors (Lipinski definition) is 6. The molecule has 0 saturated heterocycles. The van der Waals surface area contributed by atoms with Crippen molar-refractivity contribution in [2.45, 2.75) is 44.9 Å². The van der Waals surface area contributed by atoms with Crippen LogP contribution >= 0.6 is 11.6 Å².